The Bertz CT molecular complexity index is 1730. The normalized spacial score (nSPS) is 20.6. The number of ether oxygens (including phenoxy) is 3. The number of nitrogens with zero attached hydrogens (tertiary/aromatic N) is 7. The van der Waals surface area contributed by atoms with Crippen molar-refractivity contribution in [2.75, 3.05) is 56.5 Å². The van der Waals surface area contributed by atoms with Crippen molar-refractivity contribution in [3.05, 3.63) is 62.5 Å². The second-order valence-electron chi connectivity index (χ2n) is 14.3. The Morgan fingerprint density at radius 3 is 2.12 bits per heavy atom. The minimum Gasteiger partial charge on any atom is -0.495 e. The zero-order valence-electron chi connectivity index (χ0n) is 30.7. The molecular formula is C35H46Cl2N8O7. The second kappa shape index (κ2) is 15.3. The molecule has 3 amide bonds. The fourth-order valence-corrected chi connectivity index (χ4v) is 7.03. The molecule has 1 aliphatic heterocycles. The molecule has 1 aromatic heterocycles. The molecule has 3 aliphatic rings. The van der Waals surface area contributed by atoms with Gasteiger partial charge in [0.25, 0.3) is 5.54 Å². The molecule has 2 fully saturated rings. The van der Waals surface area contributed by atoms with Crippen LogP contribution in [0.25, 0.3) is 0 Å². The number of hydrogen-bond acceptors (Lipinski definition) is 11. The van der Waals surface area contributed by atoms with Crippen LogP contribution >= 0.6 is 23.2 Å². The summed E-state index contributed by atoms with van der Waals surface area (Å²) in [5, 5.41) is 15.7. The molecular weight excluding hydrogens is 715 g/mol. The molecule has 2 aromatic rings. The van der Waals surface area contributed by atoms with Crippen molar-refractivity contribution in [3.8, 4) is 11.5 Å². The highest BCUT2D eigenvalue weighted by atomic mass is 35.5. The van der Waals surface area contributed by atoms with Crippen LogP contribution in [0, 0.1) is 10.1 Å². The van der Waals surface area contributed by atoms with Crippen molar-refractivity contribution < 1.29 is 28.7 Å². The van der Waals surface area contributed by atoms with Crippen LogP contribution in [0.15, 0.2) is 42.4 Å². The Balaban J connectivity index is 1.45. The van der Waals surface area contributed by atoms with Crippen LogP contribution in [-0.2, 0) is 4.74 Å². The number of carbonyl (C=O) groups is 2. The summed E-state index contributed by atoms with van der Waals surface area (Å²) in [4.78, 5) is 55.5. The lowest BCUT2D eigenvalue weighted by Crippen LogP contribution is -2.58. The zero-order chi connectivity index (χ0) is 38.1. The van der Waals surface area contributed by atoms with Gasteiger partial charge in [0.05, 0.1) is 19.9 Å². The third kappa shape index (κ3) is 8.16. The van der Waals surface area contributed by atoms with Gasteiger partial charge in [0.1, 0.15) is 51.2 Å². The fraction of sp³-hybridized carbons (Fsp3) is 0.543. The van der Waals surface area contributed by atoms with Crippen LogP contribution in [0.2, 0.25) is 10.0 Å². The minimum absolute atomic E-state index is 0.0264. The largest absolute Gasteiger partial charge is 0.495 e. The molecule has 2 heterocycles. The van der Waals surface area contributed by atoms with E-state index in [4.69, 9.17) is 37.4 Å². The van der Waals surface area contributed by atoms with Gasteiger partial charge in [-0.25, -0.2) is 24.5 Å². The summed E-state index contributed by atoms with van der Waals surface area (Å²) in [6.45, 7) is 8.08. The highest BCUT2D eigenvalue weighted by Crippen LogP contribution is 2.44. The van der Waals surface area contributed by atoms with Crippen LogP contribution in [0.4, 0.5) is 26.9 Å². The lowest BCUT2D eigenvalue weighted by Gasteiger charge is -2.41. The Hall–Kier alpha value is -4.34. The summed E-state index contributed by atoms with van der Waals surface area (Å²) in [7, 11) is 6.43. The smallest absolute Gasteiger partial charge is 0.416 e. The Kier molecular flexibility index (Phi) is 11.5. The number of likely N-dealkylation sites (tertiary alicyclic amines) is 1. The van der Waals surface area contributed by atoms with Crippen molar-refractivity contribution in [1.29, 1.82) is 0 Å². The number of amides is 3. The highest BCUT2D eigenvalue weighted by molar-refractivity contribution is 6.41. The Labute approximate surface area is 313 Å². The van der Waals surface area contributed by atoms with E-state index in [0.717, 1.165) is 47.8 Å². The van der Waals surface area contributed by atoms with E-state index < -0.39 is 34.2 Å². The molecule has 282 valence electrons. The van der Waals surface area contributed by atoms with Crippen molar-refractivity contribution >= 4 is 52.6 Å². The van der Waals surface area contributed by atoms with Crippen molar-refractivity contribution in [2.24, 2.45) is 0 Å². The van der Waals surface area contributed by atoms with Crippen LogP contribution < -0.4 is 24.6 Å². The molecule has 0 spiro atoms. The van der Waals surface area contributed by atoms with E-state index in [9.17, 15) is 19.7 Å². The molecule has 1 saturated carbocycles. The summed E-state index contributed by atoms with van der Waals surface area (Å²) < 4.78 is 16.4. The number of hydrogen-bond donors (Lipinski definition) is 1. The van der Waals surface area contributed by atoms with Gasteiger partial charge in [0.15, 0.2) is 0 Å². The first-order valence-electron chi connectivity index (χ1n) is 17.0. The predicted molar refractivity (Wildman–Crippen MR) is 200 cm³/mol. The van der Waals surface area contributed by atoms with E-state index in [0.29, 0.717) is 12.1 Å². The van der Waals surface area contributed by atoms with Crippen molar-refractivity contribution in [2.45, 2.75) is 82.6 Å². The van der Waals surface area contributed by atoms with Gasteiger partial charge in [-0.1, -0.05) is 29.3 Å². The molecule has 0 radical (unpaired) electrons. The lowest BCUT2D eigenvalue weighted by molar-refractivity contribution is -0.552. The van der Waals surface area contributed by atoms with Gasteiger partial charge < -0.3 is 29.3 Å². The predicted octanol–water partition coefficient (Wildman–Crippen LogP) is 6.63. The molecule has 2 aliphatic carbocycles. The summed E-state index contributed by atoms with van der Waals surface area (Å²) in [6, 6.07) is 2.12. The molecule has 1 saturated heterocycles. The molecule has 1 N–H and O–H groups in total. The summed E-state index contributed by atoms with van der Waals surface area (Å²) in [6.07, 6.45) is 9.74. The molecule has 15 nitrogen and oxygen atoms in total. The summed E-state index contributed by atoms with van der Waals surface area (Å²) in [5.41, 5.74) is -1.97. The highest BCUT2D eigenvalue weighted by Gasteiger charge is 2.51. The monoisotopic (exact) mass is 760 g/mol. The topological polar surface area (TPSA) is 156 Å². The van der Waals surface area contributed by atoms with Crippen LogP contribution in [-0.4, -0.2) is 107 Å². The Morgan fingerprint density at radius 1 is 1.00 bits per heavy atom. The van der Waals surface area contributed by atoms with E-state index >= 15 is 0 Å². The first-order chi connectivity index (χ1) is 24.5. The second-order valence-corrected chi connectivity index (χ2v) is 15.1. The minimum atomic E-state index is -1.78. The van der Waals surface area contributed by atoms with E-state index in [-0.39, 0.29) is 38.9 Å². The van der Waals surface area contributed by atoms with Crippen molar-refractivity contribution in [1.82, 2.24) is 19.8 Å². The van der Waals surface area contributed by atoms with Crippen LogP contribution in [0.1, 0.15) is 53.4 Å². The average molecular weight is 762 g/mol. The molecule has 0 bridgehead atoms. The van der Waals surface area contributed by atoms with Crippen LogP contribution in [0.3, 0.4) is 0 Å². The molecule has 2 unspecified atom stereocenters. The van der Waals surface area contributed by atoms with Crippen molar-refractivity contribution in [3.63, 3.8) is 0 Å². The summed E-state index contributed by atoms with van der Waals surface area (Å²) in [5.74, 6) is 0.462. The van der Waals surface area contributed by atoms with E-state index in [1.54, 1.807) is 32.9 Å². The third-order valence-corrected chi connectivity index (χ3v) is 10.4. The Morgan fingerprint density at radius 2 is 1.58 bits per heavy atom. The average Bonchev–Trinajstić information content (AvgIpc) is 3.96. The molecule has 52 heavy (non-hydrogen) atoms. The number of nitro groups is 1. The van der Waals surface area contributed by atoms with Gasteiger partial charge >= 0.3 is 12.1 Å². The third-order valence-electron chi connectivity index (χ3n) is 9.62. The number of halogens is 2. The van der Waals surface area contributed by atoms with Gasteiger partial charge in [-0.05, 0) is 59.6 Å². The number of piperidine rings is 1. The number of anilines is 3. The summed E-state index contributed by atoms with van der Waals surface area (Å²) >= 11 is 12.9. The first-order valence-corrected chi connectivity index (χ1v) is 17.8. The standard InChI is InChI=1S/C35H46Cl2N8O7/c1-34(2,3)52-33(47)44(26-12-11-23(19-35(26,4)45(48)49)43-15-13-22(14-16-43)41(5)21-9-10-21)28-18-27(38-20-39-28)42(6)32(46)40-31-29(36)24(50-7)17-25(51-8)30(31)37/h11-12,17-22,26H,9-10,13-16H2,1-8H3,(H,40,46). The lowest BCUT2D eigenvalue weighted by atomic mass is 9.85. The number of methoxy groups -OCH3 is 2. The molecule has 17 heteroatoms. The zero-order valence-corrected chi connectivity index (χ0v) is 32.2. The maximum Gasteiger partial charge on any atom is 0.416 e. The quantitative estimate of drug-likeness (QED) is 0.205. The molecule has 5 rings (SSSR count). The van der Waals surface area contributed by atoms with Gasteiger partial charge in [-0.3, -0.25) is 15.0 Å². The molecule has 2 atom stereocenters. The van der Waals surface area contributed by atoms with Gasteiger partial charge in [0.2, 0.25) is 0 Å². The number of benzene rings is 1. The number of nitrogens with one attached hydrogen (secondary N) is 1. The first kappa shape index (κ1) is 38.9. The van der Waals surface area contributed by atoms with Gasteiger partial charge in [0, 0.05) is 68.0 Å². The van der Waals surface area contributed by atoms with Crippen LogP contribution in [0.5, 0.6) is 11.5 Å². The maximum absolute atomic E-state index is 14.0. The van der Waals surface area contributed by atoms with Gasteiger partial charge in [-0.2, -0.15) is 0 Å². The molecule has 1 aromatic carbocycles. The van der Waals surface area contributed by atoms with Gasteiger partial charge in [-0.15, -0.1) is 0 Å². The number of urea groups is 1. The number of rotatable bonds is 10. The number of aromatic nitrogens is 2. The fourth-order valence-electron chi connectivity index (χ4n) is 6.44. The number of carbonyl (C=O) groups excluding carboxylic acids is 2. The van der Waals surface area contributed by atoms with E-state index in [1.807, 2.05) is 6.08 Å². The number of allylic oxidation sites excluding steroid dienone is 1. The van der Waals surface area contributed by atoms with E-state index in [2.05, 4.69) is 32.1 Å². The van der Waals surface area contributed by atoms with E-state index in [1.165, 1.54) is 53.2 Å². The maximum atomic E-state index is 14.0. The SMILES string of the molecule is COc1cc(OC)c(Cl)c(NC(=O)N(C)c2cc(N(C(=O)OC(C)(C)C)C3C=CC(N4CCC(N(C)C5CC5)CC4)=CC3(C)[N+](=O)[O-])ncn2)c1Cl.